The third-order valence-electron chi connectivity index (χ3n) is 3.52. The van der Waals surface area contributed by atoms with E-state index in [1.54, 1.807) is 12.1 Å². The van der Waals surface area contributed by atoms with Crippen molar-refractivity contribution in [3.8, 4) is 11.5 Å². The topological polar surface area (TPSA) is 38.7 Å². The highest BCUT2D eigenvalue weighted by Gasteiger charge is 2.18. The molecule has 2 aromatic carbocycles. The van der Waals surface area contributed by atoms with Crippen LogP contribution in [0.1, 0.15) is 24.2 Å². The van der Waals surface area contributed by atoms with Gasteiger partial charge in [-0.25, -0.2) is 0 Å². The molecule has 0 amide bonds. The van der Waals surface area contributed by atoms with Gasteiger partial charge < -0.3 is 14.6 Å². The number of fused-ring (bicyclic) bond motifs is 1. The molecule has 0 saturated heterocycles. The van der Waals surface area contributed by atoms with Gasteiger partial charge in [0.2, 0.25) is 0 Å². The molecule has 1 N–H and O–H groups in total. The maximum atomic E-state index is 10.5. The van der Waals surface area contributed by atoms with Crippen molar-refractivity contribution in [2.24, 2.45) is 5.92 Å². The van der Waals surface area contributed by atoms with E-state index in [-0.39, 0.29) is 0 Å². The van der Waals surface area contributed by atoms with E-state index in [0.29, 0.717) is 29.9 Å². The van der Waals surface area contributed by atoms with E-state index in [9.17, 15) is 5.11 Å². The predicted molar refractivity (Wildman–Crippen MR) is 82.1 cm³/mol. The van der Waals surface area contributed by atoms with Gasteiger partial charge in [-0.05, 0) is 35.4 Å². The molecule has 2 unspecified atom stereocenters. The zero-order valence-electron chi connectivity index (χ0n) is 11.8. The van der Waals surface area contributed by atoms with Crippen LogP contribution in [0.25, 0.3) is 0 Å². The summed E-state index contributed by atoms with van der Waals surface area (Å²) in [5.41, 5.74) is 1.57. The molecule has 0 aromatic heterocycles. The summed E-state index contributed by atoms with van der Waals surface area (Å²) in [6.07, 6.45) is -0.711. The fourth-order valence-corrected chi connectivity index (χ4v) is 2.40. The monoisotopic (exact) mass is 304 g/mol. The van der Waals surface area contributed by atoms with Crippen LogP contribution in [0.4, 0.5) is 0 Å². The van der Waals surface area contributed by atoms with Gasteiger partial charge in [0, 0.05) is 10.9 Å². The normalized spacial score (nSPS) is 18.9. The van der Waals surface area contributed by atoms with E-state index in [1.165, 1.54) is 0 Å². The molecule has 1 aliphatic rings. The van der Waals surface area contributed by atoms with Gasteiger partial charge in [0.25, 0.3) is 0 Å². The maximum absolute atomic E-state index is 10.5. The molecule has 2 atom stereocenters. The van der Waals surface area contributed by atoms with Gasteiger partial charge in [-0.2, -0.15) is 0 Å². The molecule has 0 fully saturated rings. The molecule has 0 radical (unpaired) electrons. The molecule has 110 valence electrons. The first kappa shape index (κ1) is 14.2. The summed E-state index contributed by atoms with van der Waals surface area (Å²) in [7, 11) is 0. The third kappa shape index (κ3) is 3.14. The molecule has 1 heterocycles. The number of aliphatic hydroxyl groups excluding tert-OH is 1. The summed E-state index contributed by atoms with van der Waals surface area (Å²) >= 11 is 5.87. The molecule has 1 aliphatic heterocycles. The van der Waals surface area contributed by atoms with Gasteiger partial charge in [0.05, 0.1) is 13.2 Å². The smallest absolute Gasteiger partial charge is 0.161 e. The Morgan fingerprint density at radius 2 is 1.62 bits per heavy atom. The van der Waals surface area contributed by atoms with E-state index >= 15 is 0 Å². The fourth-order valence-electron chi connectivity index (χ4n) is 2.28. The average Bonchev–Trinajstić information content (AvgIpc) is 2.69. The Labute approximate surface area is 129 Å². The number of hydrogen-bond acceptors (Lipinski definition) is 3. The molecule has 21 heavy (non-hydrogen) atoms. The second-order valence-electron chi connectivity index (χ2n) is 5.39. The maximum Gasteiger partial charge on any atom is 0.161 e. The minimum absolute atomic E-state index is 0.349. The van der Waals surface area contributed by atoms with Crippen molar-refractivity contribution in [1.29, 1.82) is 0 Å². The molecule has 2 aromatic rings. The van der Waals surface area contributed by atoms with Crippen molar-refractivity contribution in [2.45, 2.75) is 13.0 Å². The Morgan fingerprint density at radius 1 is 1.00 bits per heavy atom. The summed E-state index contributed by atoms with van der Waals surface area (Å²) in [4.78, 5) is 0. The lowest BCUT2D eigenvalue weighted by atomic mass is 10.0. The van der Waals surface area contributed by atoms with Crippen LogP contribution in [0.3, 0.4) is 0 Å². The number of ether oxygens (including phenoxy) is 2. The number of aliphatic hydroxyl groups is 1. The Balaban J connectivity index is 1.88. The lowest BCUT2D eigenvalue weighted by molar-refractivity contribution is 0.218. The summed E-state index contributed by atoms with van der Waals surface area (Å²) in [6, 6.07) is 12.7. The zero-order chi connectivity index (χ0) is 14.8. The summed E-state index contributed by atoms with van der Waals surface area (Å²) in [6.45, 7) is 3.34. The highest BCUT2D eigenvalue weighted by molar-refractivity contribution is 6.30. The summed E-state index contributed by atoms with van der Waals surface area (Å²) < 4.78 is 11.4. The highest BCUT2D eigenvalue weighted by atomic mass is 35.5. The van der Waals surface area contributed by atoms with E-state index in [0.717, 1.165) is 16.9 Å². The van der Waals surface area contributed by atoms with Crippen molar-refractivity contribution >= 4 is 11.6 Å². The third-order valence-corrected chi connectivity index (χ3v) is 3.77. The SMILES string of the molecule is CC1COc2ccc(C(O)c3ccc(Cl)cc3)cc2OC1. The Kier molecular flexibility index (Phi) is 4.04. The van der Waals surface area contributed by atoms with Crippen LogP contribution in [0.2, 0.25) is 5.02 Å². The van der Waals surface area contributed by atoms with E-state index < -0.39 is 6.10 Å². The van der Waals surface area contributed by atoms with Crippen molar-refractivity contribution in [1.82, 2.24) is 0 Å². The second-order valence-corrected chi connectivity index (χ2v) is 5.82. The van der Waals surface area contributed by atoms with Crippen LogP contribution >= 0.6 is 11.6 Å². The first-order chi connectivity index (χ1) is 10.1. The van der Waals surface area contributed by atoms with Crippen LogP contribution in [-0.4, -0.2) is 18.3 Å². The van der Waals surface area contributed by atoms with E-state index in [2.05, 4.69) is 6.92 Å². The molecule has 4 heteroatoms. The van der Waals surface area contributed by atoms with Crippen molar-refractivity contribution in [3.63, 3.8) is 0 Å². The Morgan fingerprint density at radius 3 is 2.33 bits per heavy atom. The molecule has 0 spiro atoms. The molecule has 0 saturated carbocycles. The van der Waals surface area contributed by atoms with Crippen LogP contribution in [-0.2, 0) is 0 Å². The van der Waals surface area contributed by atoms with Crippen molar-refractivity contribution in [3.05, 3.63) is 58.6 Å². The van der Waals surface area contributed by atoms with Gasteiger partial charge in [0.15, 0.2) is 11.5 Å². The van der Waals surface area contributed by atoms with Gasteiger partial charge in [-0.15, -0.1) is 0 Å². The first-order valence-electron chi connectivity index (χ1n) is 6.96. The molecular formula is C17H17ClO3. The standard InChI is InChI=1S/C17H17ClO3/c1-11-9-20-15-7-4-13(8-16(15)21-10-11)17(19)12-2-5-14(18)6-3-12/h2-8,11,17,19H,9-10H2,1H3. The van der Waals surface area contributed by atoms with Crippen LogP contribution < -0.4 is 9.47 Å². The molecule has 3 nitrogen and oxygen atoms in total. The fraction of sp³-hybridized carbons (Fsp3) is 0.294. The molecule has 0 bridgehead atoms. The number of halogens is 1. The average molecular weight is 305 g/mol. The molecular weight excluding hydrogens is 288 g/mol. The molecule has 3 rings (SSSR count). The van der Waals surface area contributed by atoms with Gasteiger partial charge in [-0.1, -0.05) is 36.7 Å². The number of benzene rings is 2. The van der Waals surface area contributed by atoms with Gasteiger partial charge >= 0.3 is 0 Å². The summed E-state index contributed by atoms with van der Waals surface area (Å²) in [5, 5.41) is 11.1. The Bertz CT molecular complexity index is 624. The van der Waals surface area contributed by atoms with E-state index in [1.807, 2.05) is 30.3 Å². The highest BCUT2D eigenvalue weighted by Crippen LogP contribution is 2.34. The van der Waals surface area contributed by atoms with Crippen molar-refractivity contribution < 1.29 is 14.6 Å². The minimum atomic E-state index is -0.711. The lowest BCUT2D eigenvalue weighted by Gasteiger charge is -2.14. The largest absolute Gasteiger partial charge is 0.489 e. The van der Waals surface area contributed by atoms with Crippen LogP contribution in [0.15, 0.2) is 42.5 Å². The summed E-state index contributed by atoms with van der Waals surface area (Å²) in [5.74, 6) is 1.76. The van der Waals surface area contributed by atoms with Gasteiger partial charge in [-0.3, -0.25) is 0 Å². The number of hydrogen-bond donors (Lipinski definition) is 1. The van der Waals surface area contributed by atoms with Crippen LogP contribution in [0.5, 0.6) is 11.5 Å². The van der Waals surface area contributed by atoms with E-state index in [4.69, 9.17) is 21.1 Å². The predicted octanol–water partition coefficient (Wildman–Crippen LogP) is 3.83. The Hall–Kier alpha value is -1.71. The van der Waals surface area contributed by atoms with Gasteiger partial charge in [0.1, 0.15) is 6.10 Å². The zero-order valence-corrected chi connectivity index (χ0v) is 12.5. The first-order valence-corrected chi connectivity index (χ1v) is 7.34. The van der Waals surface area contributed by atoms with Crippen molar-refractivity contribution in [2.75, 3.05) is 13.2 Å². The van der Waals surface area contributed by atoms with Crippen LogP contribution in [0, 0.1) is 5.92 Å². The molecule has 0 aliphatic carbocycles. The minimum Gasteiger partial charge on any atom is -0.489 e. The quantitative estimate of drug-likeness (QED) is 0.916. The lowest BCUT2D eigenvalue weighted by Crippen LogP contribution is -2.12. The second kappa shape index (κ2) is 5.96. The number of rotatable bonds is 2.